The highest BCUT2D eigenvalue weighted by atomic mass is 19.1. The topological polar surface area (TPSA) is 112 Å². The van der Waals surface area contributed by atoms with Gasteiger partial charge in [-0.3, -0.25) is 10.1 Å². The number of benzene rings is 1. The molecule has 0 spiro atoms. The van der Waals surface area contributed by atoms with Crippen molar-refractivity contribution in [3.05, 3.63) is 66.9 Å². The Hall–Kier alpha value is -4.90. The maximum absolute atomic E-state index is 14.6. The van der Waals surface area contributed by atoms with Crippen LogP contribution in [0.4, 0.5) is 10.1 Å². The van der Waals surface area contributed by atoms with Gasteiger partial charge >= 0.3 is 0 Å². The lowest BCUT2D eigenvalue weighted by molar-refractivity contribution is 0.260. The second kappa shape index (κ2) is 10.3. The summed E-state index contributed by atoms with van der Waals surface area (Å²) in [5.74, 6) is 0.583. The van der Waals surface area contributed by atoms with Gasteiger partial charge in [0.25, 0.3) is 0 Å². The van der Waals surface area contributed by atoms with Gasteiger partial charge in [0, 0.05) is 50.2 Å². The lowest BCUT2D eigenvalue weighted by atomic mass is 10.1. The standard InChI is InChI=1S/C29H28FN9O/c1-38(2)9-10-40-21-13-17(11-19(30)14-21)22-7-8-32-28-25(22)34-29(35-28)27-26-24(36-37-27)6-5-23(33-26)18-12-20(39(3)4)16-31-15-18/h5-8,11-16H,9-10H2,1-4H3,(H,36,37)(H,32,34,35). The molecule has 0 atom stereocenters. The van der Waals surface area contributed by atoms with Crippen LogP contribution in [-0.4, -0.2) is 81.4 Å². The van der Waals surface area contributed by atoms with Crippen LogP contribution in [0.15, 0.2) is 61.1 Å². The van der Waals surface area contributed by atoms with Crippen molar-refractivity contribution < 1.29 is 9.13 Å². The Labute approximate surface area is 229 Å². The Morgan fingerprint density at radius 1 is 0.950 bits per heavy atom. The van der Waals surface area contributed by atoms with Crippen molar-refractivity contribution in [2.75, 3.05) is 46.2 Å². The number of anilines is 1. The first-order valence-electron chi connectivity index (χ1n) is 12.8. The Bertz CT molecular complexity index is 1830. The van der Waals surface area contributed by atoms with Crippen molar-refractivity contribution in [3.63, 3.8) is 0 Å². The van der Waals surface area contributed by atoms with Crippen LogP contribution in [0.3, 0.4) is 0 Å². The molecule has 2 N–H and O–H groups in total. The highest BCUT2D eigenvalue weighted by Crippen LogP contribution is 2.33. The van der Waals surface area contributed by atoms with Gasteiger partial charge in [-0.15, -0.1) is 0 Å². The third kappa shape index (κ3) is 4.94. The Morgan fingerprint density at radius 2 is 1.82 bits per heavy atom. The van der Waals surface area contributed by atoms with Crippen LogP contribution in [0.25, 0.3) is 56.1 Å². The Kier molecular flexibility index (Phi) is 6.56. The number of imidazole rings is 1. The van der Waals surface area contributed by atoms with Gasteiger partial charge in [0.15, 0.2) is 17.2 Å². The number of fused-ring (bicyclic) bond motifs is 2. The SMILES string of the molecule is CN(C)CCOc1cc(F)cc(-c2ccnc3nc(-c4n[nH]c5ccc(-c6cncc(N(C)C)c6)nc45)[nH]c23)c1. The summed E-state index contributed by atoms with van der Waals surface area (Å²) in [5.41, 5.74) is 7.19. The van der Waals surface area contributed by atoms with Crippen molar-refractivity contribution >= 4 is 27.9 Å². The third-order valence-electron chi connectivity index (χ3n) is 6.55. The summed E-state index contributed by atoms with van der Waals surface area (Å²) in [6, 6.07) is 12.4. The molecule has 0 saturated heterocycles. The molecule has 0 saturated carbocycles. The van der Waals surface area contributed by atoms with Crippen molar-refractivity contribution in [3.8, 4) is 39.7 Å². The molecule has 5 heterocycles. The minimum atomic E-state index is -0.384. The Balaban J connectivity index is 1.39. The first-order valence-corrected chi connectivity index (χ1v) is 12.8. The zero-order chi connectivity index (χ0) is 27.8. The number of nitrogens with one attached hydrogen (secondary N) is 2. The minimum absolute atomic E-state index is 0.384. The lowest BCUT2D eigenvalue weighted by Gasteiger charge is -2.12. The highest BCUT2D eigenvalue weighted by molar-refractivity contribution is 5.95. The predicted octanol–water partition coefficient (Wildman–Crippen LogP) is 4.77. The molecular weight excluding hydrogens is 509 g/mol. The van der Waals surface area contributed by atoms with E-state index in [1.54, 1.807) is 12.4 Å². The summed E-state index contributed by atoms with van der Waals surface area (Å²) in [7, 11) is 7.86. The number of nitrogens with zero attached hydrogens (tertiary/aromatic N) is 7. The van der Waals surface area contributed by atoms with Crippen LogP contribution < -0.4 is 9.64 Å². The number of H-pyrrole nitrogens is 2. The van der Waals surface area contributed by atoms with E-state index in [1.807, 2.05) is 74.5 Å². The molecule has 11 heteroatoms. The van der Waals surface area contributed by atoms with E-state index < -0.39 is 0 Å². The van der Waals surface area contributed by atoms with Crippen molar-refractivity contribution in [2.24, 2.45) is 0 Å². The van der Waals surface area contributed by atoms with Crippen LogP contribution in [-0.2, 0) is 0 Å². The summed E-state index contributed by atoms with van der Waals surface area (Å²) >= 11 is 0. The fourth-order valence-corrected chi connectivity index (χ4v) is 4.45. The van der Waals surface area contributed by atoms with Gasteiger partial charge in [0.2, 0.25) is 0 Å². The predicted molar refractivity (Wildman–Crippen MR) is 154 cm³/mol. The number of aromatic nitrogens is 7. The number of aromatic amines is 2. The molecule has 0 radical (unpaired) electrons. The smallest absolute Gasteiger partial charge is 0.178 e. The third-order valence-corrected chi connectivity index (χ3v) is 6.55. The quantitative estimate of drug-likeness (QED) is 0.286. The van der Waals surface area contributed by atoms with Gasteiger partial charge < -0.3 is 19.5 Å². The molecular formula is C29H28FN9O. The maximum Gasteiger partial charge on any atom is 0.178 e. The van der Waals surface area contributed by atoms with E-state index in [9.17, 15) is 4.39 Å². The first-order chi connectivity index (χ1) is 19.4. The average Bonchev–Trinajstić information content (AvgIpc) is 3.56. The second-order valence-corrected chi connectivity index (χ2v) is 9.96. The molecule has 0 unspecified atom stereocenters. The molecule has 10 nitrogen and oxygen atoms in total. The van der Waals surface area contributed by atoms with Crippen molar-refractivity contribution in [1.82, 2.24) is 40.0 Å². The minimum Gasteiger partial charge on any atom is -0.492 e. The van der Waals surface area contributed by atoms with Crippen molar-refractivity contribution in [2.45, 2.75) is 0 Å². The van der Waals surface area contributed by atoms with E-state index in [2.05, 4.69) is 25.1 Å². The first kappa shape index (κ1) is 25.4. The van der Waals surface area contributed by atoms with Gasteiger partial charge in [-0.25, -0.2) is 19.3 Å². The van der Waals surface area contributed by atoms with Gasteiger partial charge in [-0.2, -0.15) is 5.10 Å². The second-order valence-electron chi connectivity index (χ2n) is 9.96. The highest BCUT2D eigenvalue weighted by Gasteiger charge is 2.18. The monoisotopic (exact) mass is 537 g/mol. The lowest BCUT2D eigenvalue weighted by Crippen LogP contribution is -2.19. The van der Waals surface area contributed by atoms with Crippen LogP contribution in [0.5, 0.6) is 5.75 Å². The molecule has 0 amide bonds. The molecule has 202 valence electrons. The number of rotatable bonds is 8. The fraction of sp³-hybridized carbons (Fsp3) is 0.207. The number of hydrogen-bond acceptors (Lipinski definition) is 8. The molecule has 6 rings (SSSR count). The maximum atomic E-state index is 14.6. The molecule has 0 bridgehead atoms. The fourth-order valence-electron chi connectivity index (χ4n) is 4.45. The Morgan fingerprint density at radius 3 is 2.65 bits per heavy atom. The molecule has 0 aliphatic rings. The largest absolute Gasteiger partial charge is 0.492 e. The molecule has 6 aromatic rings. The number of likely N-dealkylation sites (N-methyl/N-ethyl adjacent to an activating group) is 1. The van der Waals surface area contributed by atoms with E-state index in [1.165, 1.54) is 12.1 Å². The van der Waals surface area contributed by atoms with Crippen LogP contribution >= 0.6 is 0 Å². The normalized spacial score (nSPS) is 11.6. The summed E-state index contributed by atoms with van der Waals surface area (Å²) in [6.07, 6.45) is 5.25. The zero-order valence-corrected chi connectivity index (χ0v) is 22.6. The number of pyridine rings is 3. The van der Waals surface area contributed by atoms with Gasteiger partial charge in [-0.1, -0.05) is 0 Å². The number of hydrogen-bond donors (Lipinski definition) is 2. The average molecular weight is 538 g/mol. The summed E-state index contributed by atoms with van der Waals surface area (Å²) in [6.45, 7) is 1.17. The zero-order valence-electron chi connectivity index (χ0n) is 22.6. The summed E-state index contributed by atoms with van der Waals surface area (Å²) < 4.78 is 20.4. The van der Waals surface area contributed by atoms with Crippen LogP contribution in [0, 0.1) is 5.82 Å². The van der Waals surface area contributed by atoms with Gasteiger partial charge in [0.05, 0.1) is 28.6 Å². The van der Waals surface area contributed by atoms with Gasteiger partial charge in [0.1, 0.15) is 23.7 Å². The van der Waals surface area contributed by atoms with Crippen molar-refractivity contribution in [1.29, 1.82) is 0 Å². The molecule has 0 aliphatic carbocycles. The number of ether oxygens (including phenoxy) is 1. The van der Waals surface area contributed by atoms with E-state index in [-0.39, 0.29) is 5.82 Å². The van der Waals surface area contributed by atoms with E-state index in [0.29, 0.717) is 46.1 Å². The molecule has 0 fully saturated rings. The molecule has 40 heavy (non-hydrogen) atoms. The summed E-state index contributed by atoms with van der Waals surface area (Å²) in [4.78, 5) is 25.8. The number of halogens is 1. The van der Waals surface area contributed by atoms with Crippen LogP contribution in [0.2, 0.25) is 0 Å². The van der Waals surface area contributed by atoms with E-state index >= 15 is 0 Å². The van der Waals surface area contributed by atoms with Gasteiger partial charge in [-0.05, 0) is 56.1 Å². The van der Waals surface area contributed by atoms with E-state index in [0.717, 1.165) is 34.6 Å². The summed E-state index contributed by atoms with van der Waals surface area (Å²) in [5, 5.41) is 7.54. The molecule has 0 aliphatic heterocycles. The van der Waals surface area contributed by atoms with E-state index in [4.69, 9.17) is 14.7 Å². The van der Waals surface area contributed by atoms with Crippen LogP contribution in [0.1, 0.15) is 0 Å². The molecule has 1 aromatic carbocycles. The molecule has 5 aromatic heterocycles.